The van der Waals surface area contributed by atoms with Gasteiger partial charge in [-0.2, -0.15) is 18.2 Å². The van der Waals surface area contributed by atoms with E-state index in [1.807, 2.05) is 6.92 Å². The summed E-state index contributed by atoms with van der Waals surface area (Å²) in [4.78, 5) is 30.0. The minimum Gasteiger partial charge on any atom is -0.466 e. The fraction of sp³-hybridized carbons (Fsp3) is 0.500. The Morgan fingerprint density at radius 3 is 2.53 bits per heavy atom. The van der Waals surface area contributed by atoms with E-state index in [0.29, 0.717) is 40.8 Å². The molecule has 0 bridgehead atoms. The van der Waals surface area contributed by atoms with Crippen molar-refractivity contribution < 1.29 is 32.0 Å². The first kappa shape index (κ1) is 20.8. The lowest BCUT2D eigenvalue weighted by Gasteiger charge is -2.06. The van der Waals surface area contributed by atoms with Crippen molar-refractivity contribution in [2.75, 3.05) is 7.11 Å². The van der Waals surface area contributed by atoms with E-state index in [0.717, 1.165) is 23.3 Å². The molecule has 0 unspecified atom stereocenters. The van der Waals surface area contributed by atoms with Gasteiger partial charge in [-0.15, -0.1) is 11.3 Å². The van der Waals surface area contributed by atoms with E-state index in [2.05, 4.69) is 10.1 Å². The van der Waals surface area contributed by atoms with Gasteiger partial charge in [-0.25, -0.2) is 4.79 Å². The molecule has 0 N–H and O–H groups in total. The van der Waals surface area contributed by atoms with Gasteiger partial charge in [0.05, 0.1) is 12.7 Å². The lowest BCUT2D eigenvalue weighted by molar-refractivity contribution is -0.146. The van der Waals surface area contributed by atoms with Crippen LogP contribution >= 0.6 is 11.3 Å². The average molecular weight is 440 g/mol. The summed E-state index contributed by atoms with van der Waals surface area (Å²) in [6.07, 6.45) is -1.24. The number of ether oxygens (including phenoxy) is 1. The maximum atomic E-state index is 13.0. The van der Waals surface area contributed by atoms with E-state index in [9.17, 15) is 22.8 Å². The number of hydrogen-bond donors (Lipinski definition) is 0. The Morgan fingerprint density at radius 1 is 1.23 bits per heavy atom. The highest BCUT2D eigenvalue weighted by Gasteiger charge is 2.40. The third-order valence-electron chi connectivity index (χ3n) is 5.39. The highest BCUT2D eigenvalue weighted by molar-refractivity contribution is 7.12. The number of aromatic nitrogens is 2. The fourth-order valence-electron chi connectivity index (χ4n) is 3.93. The maximum Gasteiger partial charge on any atom is 0.455 e. The average Bonchev–Trinajstić information content (AvgIpc) is 3.10. The summed E-state index contributed by atoms with van der Waals surface area (Å²) >= 11 is 1.35. The van der Waals surface area contributed by atoms with Crippen molar-refractivity contribution in [3.63, 3.8) is 0 Å². The van der Waals surface area contributed by atoms with Crippen LogP contribution in [-0.4, -0.2) is 29.0 Å². The zero-order valence-electron chi connectivity index (χ0n) is 16.4. The van der Waals surface area contributed by atoms with Gasteiger partial charge in [-0.05, 0) is 50.5 Å². The number of esters is 1. The lowest BCUT2D eigenvalue weighted by atomic mass is 9.98. The van der Waals surface area contributed by atoms with Gasteiger partial charge >= 0.3 is 12.1 Å². The molecule has 1 saturated carbocycles. The number of ketones is 1. The molecule has 6 nitrogen and oxygen atoms in total. The molecule has 4 rings (SSSR count). The Labute approximate surface area is 174 Å². The predicted octanol–water partition coefficient (Wildman–Crippen LogP) is 4.77. The fourth-order valence-corrected chi connectivity index (χ4v) is 5.18. The number of carbonyl (C=O) groups is 2. The summed E-state index contributed by atoms with van der Waals surface area (Å²) in [5, 5.41) is 3.08. The van der Waals surface area contributed by atoms with Crippen LogP contribution in [-0.2, 0) is 26.9 Å². The Balaban J connectivity index is 1.73. The van der Waals surface area contributed by atoms with Crippen LogP contribution < -0.4 is 0 Å². The molecule has 0 saturated heterocycles. The van der Waals surface area contributed by atoms with E-state index in [1.165, 1.54) is 18.4 Å². The van der Waals surface area contributed by atoms with Gasteiger partial charge in [0.1, 0.15) is 0 Å². The van der Waals surface area contributed by atoms with E-state index < -0.39 is 18.0 Å². The summed E-state index contributed by atoms with van der Waals surface area (Å²) in [5.41, 5.74) is 2.15. The number of alkyl halides is 3. The van der Waals surface area contributed by atoms with Crippen LogP contribution in [0.5, 0.6) is 0 Å². The van der Waals surface area contributed by atoms with Crippen molar-refractivity contribution in [2.24, 2.45) is 0 Å². The van der Waals surface area contributed by atoms with Crippen molar-refractivity contribution in [2.45, 2.75) is 57.5 Å². The first-order chi connectivity index (χ1) is 14.2. The van der Waals surface area contributed by atoms with Gasteiger partial charge in [0, 0.05) is 27.3 Å². The normalized spacial score (nSPS) is 17.0. The predicted molar refractivity (Wildman–Crippen MR) is 101 cm³/mol. The third-order valence-corrected chi connectivity index (χ3v) is 6.51. The number of Topliss-reactive ketones (excluding diaryl/α,β-unsaturated/α-hetero) is 1. The van der Waals surface area contributed by atoms with Crippen LogP contribution in [0.4, 0.5) is 13.2 Å². The molecule has 0 aromatic carbocycles. The van der Waals surface area contributed by atoms with Gasteiger partial charge in [-0.1, -0.05) is 5.16 Å². The van der Waals surface area contributed by atoms with Crippen molar-refractivity contribution in [1.82, 2.24) is 10.1 Å². The van der Waals surface area contributed by atoms with Gasteiger partial charge in [0.15, 0.2) is 5.78 Å². The van der Waals surface area contributed by atoms with Crippen molar-refractivity contribution in [3.05, 3.63) is 32.3 Å². The molecule has 30 heavy (non-hydrogen) atoms. The Hall–Kier alpha value is -2.49. The molecule has 2 aromatic heterocycles. The SMILES string of the molecule is COC(=O)C1=C(C(=O)Cc2sc(C)c(C3CC3)c2-c2nc(C(F)(F)F)no2)CCC1. The number of rotatable bonds is 6. The molecule has 0 amide bonds. The quantitative estimate of drug-likeness (QED) is 0.602. The van der Waals surface area contributed by atoms with Crippen LogP contribution in [0.15, 0.2) is 15.7 Å². The molecule has 0 radical (unpaired) electrons. The van der Waals surface area contributed by atoms with Gasteiger partial charge < -0.3 is 9.26 Å². The van der Waals surface area contributed by atoms with Crippen LogP contribution in [0.25, 0.3) is 11.5 Å². The standard InChI is InChI=1S/C20H19F3N2O4S/c1-9-15(10-6-7-10)16(17-24-19(25-29-17)20(21,22)23)14(30-9)8-13(26)11-4-3-5-12(11)18(27)28-2/h10H,3-8H2,1-2H3. The zero-order chi connectivity index (χ0) is 21.6. The molecule has 0 aliphatic heterocycles. The maximum absolute atomic E-state index is 13.0. The second-order valence-electron chi connectivity index (χ2n) is 7.47. The van der Waals surface area contributed by atoms with Crippen LogP contribution in [0.2, 0.25) is 0 Å². The lowest BCUT2D eigenvalue weighted by Crippen LogP contribution is -2.11. The third kappa shape index (κ3) is 3.80. The smallest absolute Gasteiger partial charge is 0.455 e. The minimum absolute atomic E-state index is 0.0346. The van der Waals surface area contributed by atoms with E-state index in [4.69, 9.17) is 9.26 Å². The Kier molecular flexibility index (Phi) is 5.29. The number of carbonyl (C=O) groups excluding carboxylic acids is 2. The molecule has 2 aliphatic carbocycles. The van der Waals surface area contributed by atoms with Crippen molar-refractivity contribution in [3.8, 4) is 11.5 Å². The van der Waals surface area contributed by atoms with Crippen LogP contribution in [0.3, 0.4) is 0 Å². The zero-order valence-corrected chi connectivity index (χ0v) is 17.2. The second kappa shape index (κ2) is 7.64. The Bertz CT molecular complexity index is 1050. The van der Waals surface area contributed by atoms with E-state index in [1.54, 1.807) is 0 Å². The van der Waals surface area contributed by atoms with E-state index >= 15 is 0 Å². The first-order valence-corrected chi connectivity index (χ1v) is 10.4. The van der Waals surface area contributed by atoms with Gasteiger partial charge in [-0.3, -0.25) is 4.79 Å². The molecular formula is C20H19F3N2O4S. The molecule has 0 atom stereocenters. The largest absolute Gasteiger partial charge is 0.466 e. The molecule has 1 fully saturated rings. The van der Waals surface area contributed by atoms with Gasteiger partial charge in [0.25, 0.3) is 11.7 Å². The molecule has 0 spiro atoms. The van der Waals surface area contributed by atoms with Crippen LogP contribution in [0.1, 0.15) is 59.2 Å². The van der Waals surface area contributed by atoms with E-state index in [-0.39, 0.29) is 24.0 Å². The summed E-state index contributed by atoms with van der Waals surface area (Å²) in [6, 6.07) is 0. The molecule has 160 valence electrons. The number of aryl methyl sites for hydroxylation is 1. The summed E-state index contributed by atoms with van der Waals surface area (Å²) in [7, 11) is 1.27. The summed E-state index contributed by atoms with van der Waals surface area (Å²) in [6.45, 7) is 1.88. The van der Waals surface area contributed by atoms with Crippen molar-refractivity contribution >= 4 is 23.1 Å². The number of thiophene rings is 1. The highest BCUT2D eigenvalue weighted by Crippen LogP contribution is 2.50. The summed E-state index contributed by atoms with van der Waals surface area (Å²) < 4.78 is 48.7. The molecule has 2 aromatic rings. The number of methoxy groups -OCH3 is 1. The molecule has 2 aliphatic rings. The topological polar surface area (TPSA) is 82.3 Å². The molecular weight excluding hydrogens is 421 g/mol. The Morgan fingerprint density at radius 2 is 1.93 bits per heavy atom. The monoisotopic (exact) mass is 440 g/mol. The van der Waals surface area contributed by atoms with Crippen molar-refractivity contribution in [1.29, 1.82) is 0 Å². The second-order valence-corrected chi connectivity index (χ2v) is 8.78. The number of nitrogens with zero attached hydrogens (tertiary/aromatic N) is 2. The summed E-state index contributed by atoms with van der Waals surface area (Å²) in [5.74, 6) is -2.08. The highest BCUT2D eigenvalue weighted by atomic mass is 32.1. The molecule has 10 heteroatoms. The van der Waals surface area contributed by atoms with Crippen LogP contribution in [0, 0.1) is 6.92 Å². The number of halogens is 3. The first-order valence-electron chi connectivity index (χ1n) is 9.57. The van der Waals surface area contributed by atoms with Gasteiger partial charge in [0.2, 0.25) is 0 Å². The minimum atomic E-state index is -4.72. The number of hydrogen-bond acceptors (Lipinski definition) is 7. The number of allylic oxidation sites excluding steroid dienone is 1. The molecule has 2 heterocycles.